The van der Waals surface area contributed by atoms with Crippen molar-refractivity contribution in [1.82, 2.24) is 5.32 Å². The maximum Gasteiger partial charge on any atom is 0.127 e. The molecule has 1 N–H and O–H groups in total. The van der Waals surface area contributed by atoms with Gasteiger partial charge in [-0.15, -0.1) is 0 Å². The van der Waals surface area contributed by atoms with Gasteiger partial charge in [0.15, 0.2) is 0 Å². The molecule has 0 aliphatic rings. The Bertz CT molecular complexity index is 377. The van der Waals surface area contributed by atoms with E-state index in [1.807, 2.05) is 19.2 Å². The van der Waals surface area contributed by atoms with Crippen molar-refractivity contribution in [1.29, 1.82) is 0 Å². The first-order chi connectivity index (χ1) is 9.08. The molecule has 0 amide bonds. The fraction of sp³-hybridized carbons (Fsp3) is 0.625. The van der Waals surface area contributed by atoms with Gasteiger partial charge in [-0.3, -0.25) is 0 Å². The molecule has 0 fully saturated rings. The minimum absolute atomic E-state index is 0.269. The van der Waals surface area contributed by atoms with Crippen LogP contribution in [0.1, 0.15) is 45.2 Å². The van der Waals surface area contributed by atoms with Crippen LogP contribution in [0.25, 0.3) is 0 Å². The number of benzene rings is 1. The Morgan fingerprint density at radius 2 is 1.95 bits per heavy atom. The highest BCUT2D eigenvalue weighted by Crippen LogP contribution is 2.29. The smallest absolute Gasteiger partial charge is 0.127 e. The van der Waals surface area contributed by atoms with E-state index in [9.17, 15) is 0 Å². The van der Waals surface area contributed by atoms with Crippen LogP contribution in [0.3, 0.4) is 0 Å². The van der Waals surface area contributed by atoms with Crippen LogP contribution in [0.4, 0.5) is 0 Å². The Labute approximate surface area is 117 Å². The third-order valence-corrected chi connectivity index (χ3v) is 3.30. The fourth-order valence-corrected chi connectivity index (χ4v) is 1.95. The maximum absolute atomic E-state index is 5.93. The summed E-state index contributed by atoms with van der Waals surface area (Å²) in [7, 11) is 3.64. The quantitative estimate of drug-likeness (QED) is 0.725. The van der Waals surface area contributed by atoms with Crippen LogP contribution < -0.4 is 14.8 Å². The van der Waals surface area contributed by atoms with E-state index in [1.54, 1.807) is 7.11 Å². The van der Waals surface area contributed by atoms with Gasteiger partial charge in [0.2, 0.25) is 0 Å². The number of nitrogens with one attached hydrogen (secondary N) is 1. The molecule has 1 aromatic rings. The van der Waals surface area contributed by atoms with Gasteiger partial charge in [-0.05, 0) is 38.8 Å². The van der Waals surface area contributed by atoms with Gasteiger partial charge in [0.05, 0.1) is 13.7 Å². The monoisotopic (exact) mass is 265 g/mol. The van der Waals surface area contributed by atoms with Gasteiger partial charge in [0.1, 0.15) is 11.5 Å². The summed E-state index contributed by atoms with van der Waals surface area (Å²) in [6, 6.07) is 6.28. The molecule has 1 aromatic carbocycles. The van der Waals surface area contributed by atoms with E-state index in [0.717, 1.165) is 30.4 Å². The van der Waals surface area contributed by atoms with Crippen molar-refractivity contribution in [2.45, 2.75) is 39.7 Å². The van der Waals surface area contributed by atoms with Crippen molar-refractivity contribution in [2.75, 3.05) is 20.8 Å². The minimum Gasteiger partial charge on any atom is -0.497 e. The Balaban J connectivity index is 2.71. The number of hydrogen-bond donors (Lipinski definition) is 1. The number of ether oxygens (including phenoxy) is 2. The second kappa shape index (κ2) is 8.05. The lowest BCUT2D eigenvalue weighted by Crippen LogP contribution is -2.14. The topological polar surface area (TPSA) is 30.5 Å². The maximum atomic E-state index is 5.93. The molecule has 0 bridgehead atoms. The highest BCUT2D eigenvalue weighted by atomic mass is 16.5. The molecule has 0 radical (unpaired) electrons. The molecular weight excluding hydrogens is 238 g/mol. The van der Waals surface area contributed by atoms with Crippen molar-refractivity contribution in [2.24, 2.45) is 5.92 Å². The molecule has 0 aliphatic heterocycles. The summed E-state index contributed by atoms with van der Waals surface area (Å²) in [5.74, 6) is 2.49. The van der Waals surface area contributed by atoms with Crippen molar-refractivity contribution in [3.8, 4) is 11.5 Å². The molecule has 1 rings (SSSR count). The summed E-state index contributed by atoms with van der Waals surface area (Å²) < 4.78 is 11.2. The molecule has 108 valence electrons. The number of rotatable bonds is 8. The second-order valence-electron chi connectivity index (χ2n) is 5.30. The minimum atomic E-state index is 0.269. The molecule has 3 heteroatoms. The van der Waals surface area contributed by atoms with Gasteiger partial charge in [-0.1, -0.05) is 19.9 Å². The van der Waals surface area contributed by atoms with Gasteiger partial charge < -0.3 is 14.8 Å². The average Bonchev–Trinajstić information content (AvgIpc) is 2.42. The molecule has 0 heterocycles. The lowest BCUT2D eigenvalue weighted by molar-refractivity contribution is 0.290. The lowest BCUT2D eigenvalue weighted by atomic mass is 10.1. The van der Waals surface area contributed by atoms with Gasteiger partial charge in [-0.25, -0.2) is 0 Å². The molecular formula is C16H27NO2. The molecule has 0 saturated carbocycles. The van der Waals surface area contributed by atoms with E-state index >= 15 is 0 Å². The predicted molar refractivity (Wildman–Crippen MR) is 80.0 cm³/mol. The molecule has 0 spiro atoms. The first kappa shape index (κ1) is 15.8. The third-order valence-electron chi connectivity index (χ3n) is 3.30. The zero-order valence-corrected chi connectivity index (χ0v) is 12.8. The zero-order chi connectivity index (χ0) is 14.3. The van der Waals surface area contributed by atoms with Gasteiger partial charge in [-0.2, -0.15) is 0 Å². The standard InChI is InChI=1S/C16H27NO2/c1-12(2)7-6-10-19-16-11-14(18-5)8-9-15(16)13(3)17-4/h8-9,11-13,17H,6-7,10H2,1-5H3. The van der Waals surface area contributed by atoms with Crippen LogP contribution in [-0.2, 0) is 0 Å². The Hall–Kier alpha value is -1.22. The third kappa shape index (κ3) is 5.11. The molecule has 0 aliphatic carbocycles. The normalized spacial score (nSPS) is 12.5. The summed E-state index contributed by atoms with van der Waals surface area (Å²) in [4.78, 5) is 0. The number of hydrogen-bond acceptors (Lipinski definition) is 3. The fourth-order valence-electron chi connectivity index (χ4n) is 1.95. The summed E-state index contributed by atoms with van der Waals surface area (Å²) >= 11 is 0. The largest absolute Gasteiger partial charge is 0.497 e. The Morgan fingerprint density at radius 1 is 1.21 bits per heavy atom. The van der Waals surface area contributed by atoms with E-state index in [0.29, 0.717) is 0 Å². The van der Waals surface area contributed by atoms with E-state index in [2.05, 4.69) is 32.2 Å². The van der Waals surface area contributed by atoms with Crippen LogP contribution in [0.5, 0.6) is 11.5 Å². The van der Waals surface area contributed by atoms with Crippen LogP contribution in [0, 0.1) is 5.92 Å². The van der Waals surface area contributed by atoms with Crippen LogP contribution in [0.2, 0.25) is 0 Å². The SMILES string of the molecule is CNC(C)c1ccc(OC)cc1OCCCC(C)C. The summed E-state index contributed by atoms with van der Waals surface area (Å²) in [6.45, 7) is 7.36. The van der Waals surface area contributed by atoms with Crippen LogP contribution >= 0.6 is 0 Å². The van der Waals surface area contributed by atoms with E-state index in [1.165, 1.54) is 12.0 Å². The molecule has 1 unspecified atom stereocenters. The summed E-state index contributed by atoms with van der Waals surface area (Å²) in [5.41, 5.74) is 1.17. The van der Waals surface area contributed by atoms with Crippen molar-refractivity contribution in [3.05, 3.63) is 23.8 Å². The van der Waals surface area contributed by atoms with E-state index in [4.69, 9.17) is 9.47 Å². The van der Waals surface area contributed by atoms with E-state index < -0.39 is 0 Å². The highest BCUT2D eigenvalue weighted by molar-refractivity contribution is 5.42. The Morgan fingerprint density at radius 3 is 2.53 bits per heavy atom. The van der Waals surface area contributed by atoms with Crippen molar-refractivity contribution in [3.63, 3.8) is 0 Å². The lowest BCUT2D eigenvalue weighted by Gasteiger charge is -2.17. The molecule has 1 atom stereocenters. The average molecular weight is 265 g/mol. The van der Waals surface area contributed by atoms with Crippen LogP contribution in [0.15, 0.2) is 18.2 Å². The first-order valence-electron chi connectivity index (χ1n) is 7.06. The van der Waals surface area contributed by atoms with E-state index in [-0.39, 0.29) is 6.04 Å². The molecule has 3 nitrogen and oxygen atoms in total. The van der Waals surface area contributed by atoms with Crippen molar-refractivity contribution >= 4 is 0 Å². The molecule has 0 saturated heterocycles. The zero-order valence-electron chi connectivity index (χ0n) is 12.8. The van der Waals surface area contributed by atoms with Crippen LogP contribution in [-0.4, -0.2) is 20.8 Å². The molecule has 0 aromatic heterocycles. The van der Waals surface area contributed by atoms with Crippen molar-refractivity contribution < 1.29 is 9.47 Å². The highest BCUT2D eigenvalue weighted by Gasteiger charge is 2.11. The number of methoxy groups -OCH3 is 1. The summed E-state index contributed by atoms with van der Waals surface area (Å²) in [6.07, 6.45) is 2.28. The first-order valence-corrected chi connectivity index (χ1v) is 7.06. The second-order valence-corrected chi connectivity index (χ2v) is 5.30. The molecule has 19 heavy (non-hydrogen) atoms. The Kier molecular flexibility index (Phi) is 6.71. The van der Waals surface area contributed by atoms with Gasteiger partial charge in [0.25, 0.3) is 0 Å². The van der Waals surface area contributed by atoms with Gasteiger partial charge >= 0.3 is 0 Å². The summed E-state index contributed by atoms with van der Waals surface area (Å²) in [5, 5.41) is 3.25. The van der Waals surface area contributed by atoms with Gasteiger partial charge in [0, 0.05) is 17.7 Å². The predicted octanol–water partition coefficient (Wildman–Crippen LogP) is 3.79.